The SMILES string of the molecule is CCOc1ccc(C(=O)NNC(=O)c2ccc(-n3cnnn3)cc2)cc1OC. The van der Waals surface area contributed by atoms with Gasteiger partial charge in [-0.05, 0) is 59.8 Å². The summed E-state index contributed by atoms with van der Waals surface area (Å²) in [6.07, 6.45) is 1.44. The maximum absolute atomic E-state index is 12.3. The van der Waals surface area contributed by atoms with Crippen LogP contribution in [0.15, 0.2) is 48.8 Å². The Morgan fingerprint density at radius 1 is 1.00 bits per heavy atom. The monoisotopic (exact) mass is 382 g/mol. The molecule has 3 aromatic rings. The van der Waals surface area contributed by atoms with Gasteiger partial charge in [0.05, 0.1) is 19.4 Å². The summed E-state index contributed by atoms with van der Waals surface area (Å²) in [6.45, 7) is 2.33. The van der Waals surface area contributed by atoms with Crippen molar-refractivity contribution in [2.45, 2.75) is 6.92 Å². The molecule has 3 rings (SSSR count). The molecule has 2 amide bonds. The van der Waals surface area contributed by atoms with Crippen LogP contribution in [0.4, 0.5) is 0 Å². The molecule has 0 fully saturated rings. The average Bonchev–Trinajstić information content (AvgIpc) is 3.27. The van der Waals surface area contributed by atoms with Crippen molar-refractivity contribution in [1.29, 1.82) is 0 Å². The van der Waals surface area contributed by atoms with Gasteiger partial charge in [-0.15, -0.1) is 5.10 Å². The number of nitrogens with zero attached hydrogens (tertiary/aromatic N) is 4. The Morgan fingerprint density at radius 2 is 1.68 bits per heavy atom. The highest BCUT2D eigenvalue weighted by Gasteiger charge is 2.13. The van der Waals surface area contributed by atoms with Gasteiger partial charge in [-0.25, -0.2) is 4.68 Å². The van der Waals surface area contributed by atoms with Crippen LogP contribution in [-0.4, -0.2) is 45.7 Å². The summed E-state index contributed by atoms with van der Waals surface area (Å²) < 4.78 is 12.1. The standard InChI is InChI=1S/C18H18N6O4/c1-3-28-15-9-6-13(10-16(15)27-2)18(26)21-20-17(25)12-4-7-14(8-5-12)24-11-19-22-23-24/h4-11H,3H2,1-2H3,(H,20,25)(H,21,26). The van der Waals surface area contributed by atoms with Gasteiger partial charge in [0.25, 0.3) is 11.8 Å². The van der Waals surface area contributed by atoms with Crippen molar-refractivity contribution in [3.8, 4) is 17.2 Å². The Morgan fingerprint density at radius 3 is 2.29 bits per heavy atom. The first-order valence-electron chi connectivity index (χ1n) is 8.37. The van der Waals surface area contributed by atoms with Gasteiger partial charge in [-0.1, -0.05) is 0 Å². The van der Waals surface area contributed by atoms with Crippen molar-refractivity contribution < 1.29 is 19.1 Å². The van der Waals surface area contributed by atoms with Crippen LogP contribution < -0.4 is 20.3 Å². The summed E-state index contributed by atoms with van der Waals surface area (Å²) >= 11 is 0. The molecule has 0 saturated heterocycles. The molecule has 2 aromatic carbocycles. The number of methoxy groups -OCH3 is 1. The van der Waals surface area contributed by atoms with Crippen molar-refractivity contribution in [3.63, 3.8) is 0 Å². The third kappa shape index (κ3) is 4.23. The summed E-state index contributed by atoms with van der Waals surface area (Å²) in [5.74, 6) is 0.0156. The number of benzene rings is 2. The van der Waals surface area contributed by atoms with Crippen LogP contribution in [0, 0.1) is 0 Å². The van der Waals surface area contributed by atoms with Crippen molar-refractivity contribution >= 4 is 11.8 Å². The highest BCUT2D eigenvalue weighted by Crippen LogP contribution is 2.27. The van der Waals surface area contributed by atoms with Gasteiger partial charge >= 0.3 is 0 Å². The smallest absolute Gasteiger partial charge is 0.269 e. The van der Waals surface area contributed by atoms with Gasteiger partial charge in [0.15, 0.2) is 11.5 Å². The zero-order valence-electron chi connectivity index (χ0n) is 15.2. The third-order valence-corrected chi connectivity index (χ3v) is 3.76. The number of rotatable bonds is 6. The fraction of sp³-hybridized carbons (Fsp3) is 0.167. The minimum absolute atomic E-state index is 0.314. The normalized spacial score (nSPS) is 10.2. The zero-order valence-corrected chi connectivity index (χ0v) is 15.2. The minimum Gasteiger partial charge on any atom is -0.493 e. The van der Waals surface area contributed by atoms with Gasteiger partial charge in [0.1, 0.15) is 6.33 Å². The van der Waals surface area contributed by atoms with Gasteiger partial charge in [-0.2, -0.15) is 0 Å². The molecule has 0 spiro atoms. The quantitative estimate of drug-likeness (QED) is 0.614. The Kier molecular flexibility index (Phi) is 5.80. The Labute approximate surface area is 160 Å². The summed E-state index contributed by atoms with van der Waals surface area (Å²) in [5, 5.41) is 10.9. The Balaban J connectivity index is 1.61. The fourth-order valence-corrected chi connectivity index (χ4v) is 2.39. The summed E-state index contributed by atoms with van der Waals surface area (Å²) in [4.78, 5) is 24.5. The van der Waals surface area contributed by atoms with E-state index in [0.717, 1.165) is 0 Å². The van der Waals surface area contributed by atoms with Crippen LogP contribution in [0.1, 0.15) is 27.6 Å². The van der Waals surface area contributed by atoms with E-state index >= 15 is 0 Å². The number of carbonyl (C=O) groups excluding carboxylic acids is 2. The van der Waals surface area contributed by atoms with Crippen LogP contribution >= 0.6 is 0 Å². The molecule has 28 heavy (non-hydrogen) atoms. The maximum Gasteiger partial charge on any atom is 0.269 e. The predicted molar refractivity (Wildman–Crippen MR) is 98.2 cm³/mol. The van der Waals surface area contributed by atoms with Crippen molar-refractivity contribution in [2.24, 2.45) is 0 Å². The average molecular weight is 382 g/mol. The number of aromatic nitrogens is 4. The molecule has 2 N–H and O–H groups in total. The van der Waals surface area contributed by atoms with Gasteiger partial charge in [0, 0.05) is 11.1 Å². The lowest BCUT2D eigenvalue weighted by Gasteiger charge is -2.12. The molecule has 0 aliphatic rings. The number of hydrogen-bond donors (Lipinski definition) is 2. The number of ether oxygens (including phenoxy) is 2. The highest BCUT2D eigenvalue weighted by atomic mass is 16.5. The molecule has 0 bridgehead atoms. The second kappa shape index (κ2) is 8.62. The molecular weight excluding hydrogens is 364 g/mol. The summed E-state index contributed by atoms with van der Waals surface area (Å²) in [5.41, 5.74) is 6.12. The topological polar surface area (TPSA) is 120 Å². The minimum atomic E-state index is -0.486. The second-order valence-corrected chi connectivity index (χ2v) is 5.51. The molecule has 1 heterocycles. The number of carbonyl (C=O) groups is 2. The fourth-order valence-electron chi connectivity index (χ4n) is 2.39. The van der Waals surface area contributed by atoms with Crippen LogP contribution in [0.2, 0.25) is 0 Å². The molecule has 10 heteroatoms. The van der Waals surface area contributed by atoms with E-state index in [0.29, 0.717) is 34.9 Å². The first-order valence-corrected chi connectivity index (χ1v) is 8.37. The number of hydrogen-bond acceptors (Lipinski definition) is 7. The first-order chi connectivity index (χ1) is 13.6. The highest BCUT2D eigenvalue weighted by molar-refractivity contribution is 5.99. The summed E-state index contributed by atoms with van der Waals surface area (Å²) in [7, 11) is 1.49. The lowest BCUT2D eigenvalue weighted by atomic mass is 10.2. The lowest BCUT2D eigenvalue weighted by molar-refractivity contribution is 0.0846. The molecule has 0 aliphatic heterocycles. The van der Waals surface area contributed by atoms with Crippen LogP contribution in [0.25, 0.3) is 5.69 Å². The van der Waals surface area contributed by atoms with Crippen LogP contribution in [0.5, 0.6) is 11.5 Å². The van der Waals surface area contributed by atoms with E-state index in [1.165, 1.54) is 24.2 Å². The number of nitrogens with one attached hydrogen (secondary N) is 2. The molecule has 0 saturated carbocycles. The van der Waals surface area contributed by atoms with Crippen molar-refractivity contribution in [1.82, 2.24) is 31.1 Å². The van der Waals surface area contributed by atoms with E-state index in [1.807, 2.05) is 6.92 Å². The second-order valence-electron chi connectivity index (χ2n) is 5.51. The van der Waals surface area contributed by atoms with E-state index in [2.05, 4.69) is 26.4 Å². The van der Waals surface area contributed by atoms with E-state index in [-0.39, 0.29) is 0 Å². The molecule has 0 aliphatic carbocycles. The number of tetrazole rings is 1. The van der Waals surface area contributed by atoms with Gasteiger partial charge < -0.3 is 9.47 Å². The Hall–Kier alpha value is -3.95. The number of hydrazine groups is 1. The molecular formula is C18H18N6O4. The van der Waals surface area contributed by atoms with Crippen LogP contribution in [-0.2, 0) is 0 Å². The molecule has 1 aromatic heterocycles. The lowest BCUT2D eigenvalue weighted by Crippen LogP contribution is -2.41. The third-order valence-electron chi connectivity index (χ3n) is 3.76. The van der Waals surface area contributed by atoms with E-state index in [9.17, 15) is 9.59 Å². The molecule has 10 nitrogen and oxygen atoms in total. The van der Waals surface area contributed by atoms with E-state index in [1.54, 1.807) is 36.4 Å². The molecule has 0 atom stereocenters. The molecule has 0 unspecified atom stereocenters. The number of amides is 2. The van der Waals surface area contributed by atoms with Crippen molar-refractivity contribution in [3.05, 3.63) is 59.9 Å². The van der Waals surface area contributed by atoms with Crippen molar-refractivity contribution in [2.75, 3.05) is 13.7 Å². The van der Waals surface area contributed by atoms with Gasteiger partial charge in [0.2, 0.25) is 0 Å². The first kappa shape index (κ1) is 18.8. The van der Waals surface area contributed by atoms with E-state index < -0.39 is 11.8 Å². The zero-order chi connectivity index (χ0) is 19.9. The molecule has 144 valence electrons. The van der Waals surface area contributed by atoms with Crippen LogP contribution in [0.3, 0.4) is 0 Å². The molecule has 0 radical (unpaired) electrons. The maximum atomic E-state index is 12.3. The largest absolute Gasteiger partial charge is 0.493 e. The van der Waals surface area contributed by atoms with Gasteiger partial charge in [-0.3, -0.25) is 20.4 Å². The Bertz CT molecular complexity index is 957. The van der Waals surface area contributed by atoms with E-state index in [4.69, 9.17) is 9.47 Å². The predicted octanol–water partition coefficient (Wildman–Crippen LogP) is 1.14. The summed E-state index contributed by atoms with van der Waals surface area (Å²) in [6, 6.07) is 11.3.